The average molecular weight is 287 g/mol. The topological polar surface area (TPSA) is 32.3 Å². The summed E-state index contributed by atoms with van der Waals surface area (Å²) in [6.07, 6.45) is 8.49. The van der Waals surface area contributed by atoms with Crippen molar-refractivity contribution >= 4 is 18.3 Å². The highest BCUT2D eigenvalue weighted by Crippen LogP contribution is 2.31. The van der Waals surface area contributed by atoms with E-state index in [1.54, 1.807) is 0 Å². The number of carbonyl (C=O) groups excluding carboxylic acids is 1. The van der Waals surface area contributed by atoms with Gasteiger partial charge in [0.2, 0.25) is 5.91 Å². The molecule has 3 aliphatic rings. The van der Waals surface area contributed by atoms with Crippen LogP contribution in [0.2, 0.25) is 0 Å². The normalized spacial score (nSPS) is 31.1. The number of halogens is 1. The van der Waals surface area contributed by atoms with Gasteiger partial charge in [0, 0.05) is 19.5 Å². The fourth-order valence-corrected chi connectivity index (χ4v) is 3.73. The number of fused-ring (bicyclic) bond motifs is 1. The number of nitrogens with one attached hydrogen (secondary N) is 1. The average Bonchev–Trinajstić information content (AvgIpc) is 2.66. The van der Waals surface area contributed by atoms with Crippen LogP contribution in [0.5, 0.6) is 0 Å². The van der Waals surface area contributed by atoms with Crippen molar-refractivity contribution in [3.63, 3.8) is 0 Å². The number of likely N-dealkylation sites (tertiary alicyclic amines) is 1. The highest BCUT2D eigenvalue weighted by molar-refractivity contribution is 5.85. The summed E-state index contributed by atoms with van der Waals surface area (Å²) in [7, 11) is 0. The molecule has 0 bridgehead atoms. The van der Waals surface area contributed by atoms with Crippen LogP contribution in [0.4, 0.5) is 0 Å². The monoisotopic (exact) mass is 286 g/mol. The molecule has 1 saturated carbocycles. The second-order valence-corrected chi connectivity index (χ2v) is 6.47. The van der Waals surface area contributed by atoms with E-state index < -0.39 is 0 Å². The Morgan fingerprint density at radius 2 is 1.68 bits per heavy atom. The third-order valence-electron chi connectivity index (χ3n) is 5.36. The molecule has 19 heavy (non-hydrogen) atoms. The Bertz CT molecular complexity index is 293. The van der Waals surface area contributed by atoms with Crippen molar-refractivity contribution in [1.29, 1.82) is 0 Å². The van der Waals surface area contributed by atoms with Gasteiger partial charge in [-0.2, -0.15) is 0 Å². The summed E-state index contributed by atoms with van der Waals surface area (Å²) in [5, 5.41) is 3.49. The summed E-state index contributed by atoms with van der Waals surface area (Å²) < 4.78 is 0. The summed E-state index contributed by atoms with van der Waals surface area (Å²) in [6.45, 7) is 4.36. The zero-order valence-corrected chi connectivity index (χ0v) is 12.6. The molecule has 0 unspecified atom stereocenters. The quantitative estimate of drug-likeness (QED) is 0.864. The molecule has 2 saturated heterocycles. The number of carbonyl (C=O) groups is 1. The van der Waals surface area contributed by atoms with Crippen molar-refractivity contribution in [3.8, 4) is 0 Å². The molecule has 110 valence electrons. The summed E-state index contributed by atoms with van der Waals surface area (Å²) in [6, 6.07) is 0. The van der Waals surface area contributed by atoms with Crippen LogP contribution in [-0.4, -0.2) is 37.0 Å². The Kier molecular flexibility index (Phi) is 5.52. The van der Waals surface area contributed by atoms with Crippen LogP contribution in [0.1, 0.15) is 44.9 Å². The Morgan fingerprint density at radius 3 is 2.21 bits per heavy atom. The minimum absolute atomic E-state index is 0. The molecule has 4 heteroatoms. The van der Waals surface area contributed by atoms with Gasteiger partial charge in [0.15, 0.2) is 0 Å². The molecule has 1 aliphatic carbocycles. The van der Waals surface area contributed by atoms with Crippen LogP contribution in [0.15, 0.2) is 0 Å². The predicted octanol–water partition coefficient (Wildman–Crippen LogP) is 2.45. The summed E-state index contributed by atoms with van der Waals surface area (Å²) in [5.41, 5.74) is 0. The molecule has 0 aromatic heterocycles. The van der Waals surface area contributed by atoms with E-state index in [1.807, 2.05) is 0 Å². The molecule has 2 atom stereocenters. The van der Waals surface area contributed by atoms with Gasteiger partial charge in [-0.3, -0.25) is 4.79 Å². The molecule has 2 heterocycles. The van der Waals surface area contributed by atoms with E-state index in [2.05, 4.69) is 10.2 Å². The van der Waals surface area contributed by atoms with Crippen LogP contribution in [-0.2, 0) is 4.79 Å². The standard InChI is InChI=1S/C15H26N2O.ClH/c18-15(5-4-12-2-1-3-12)17-8-6-13-10-16-11-14(13)7-9-17;/h12-14,16H,1-11H2;1H/t13-,14+;. The van der Waals surface area contributed by atoms with Crippen molar-refractivity contribution in [2.24, 2.45) is 17.8 Å². The molecule has 3 fully saturated rings. The van der Waals surface area contributed by atoms with Gasteiger partial charge < -0.3 is 10.2 Å². The second kappa shape index (κ2) is 6.94. The molecule has 0 aromatic rings. The maximum absolute atomic E-state index is 12.2. The summed E-state index contributed by atoms with van der Waals surface area (Å²) in [4.78, 5) is 14.4. The molecule has 2 aliphatic heterocycles. The van der Waals surface area contributed by atoms with Gasteiger partial charge in [0.05, 0.1) is 0 Å². The van der Waals surface area contributed by atoms with Crippen molar-refractivity contribution < 1.29 is 4.79 Å². The lowest BCUT2D eigenvalue weighted by Gasteiger charge is -2.27. The van der Waals surface area contributed by atoms with Crippen molar-refractivity contribution in [1.82, 2.24) is 10.2 Å². The molecule has 3 nitrogen and oxygen atoms in total. The number of hydrogen-bond acceptors (Lipinski definition) is 2. The van der Waals surface area contributed by atoms with Crippen molar-refractivity contribution in [3.05, 3.63) is 0 Å². The Morgan fingerprint density at radius 1 is 1.05 bits per heavy atom. The van der Waals surface area contributed by atoms with Crippen molar-refractivity contribution in [2.45, 2.75) is 44.9 Å². The van der Waals surface area contributed by atoms with Crippen LogP contribution in [0.25, 0.3) is 0 Å². The molecule has 0 radical (unpaired) electrons. The fraction of sp³-hybridized carbons (Fsp3) is 0.933. The lowest BCUT2D eigenvalue weighted by molar-refractivity contribution is -0.131. The van der Waals surface area contributed by atoms with Gasteiger partial charge in [0.25, 0.3) is 0 Å². The highest BCUT2D eigenvalue weighted by Gasteiger charge is 2.31. The Hall–Kier alpha value is -0.280. The van der Waals surface area contributed by atoms with E-state index >= 15 is 0 Å². The number of rotatable bonds is 3. The van der Waals surface area contributed by atoms with Gasteiger partial charge in [0.1, 0.15) is 0 Å². The first kappa shape index (κ1) is 15.1. The van der Waals surface area contributed by atoms with Gasteiger partial charge in [-0.25, -0.2) is 0 Å². The third kappa shape index (κ3) is 3.63. The number of hydrogen-bond donors (Lipinski definition) is 1. The van der Waals surface area contributed by atoms with Crippen LogP contribution in [0, 0.1) is 17.8 Å². The van der Waals surface area contributed by atoms with E-state index in [0.717, 1.165) is 43.7 Å². The smallest absolute Gasteiger partial charge is 0.222 e. The largest absolute Gasteiger partial charge is 0.343 e. The highest BCUT2D eigenvalue weighted by atomic mass is 35.5. The van der Waals surface area contributed by atoms with E-state index in [9.17, 15) is 4.79 Å². The van der Waals surface area contributed by atoms with E-state index in [-0.39, 0.29) is 12.4 Å². The summed E-state index contributed by atoms with van der Waals surface area (Å²) in [5.74, 6) is 2.95. The molecule has 3 rings (SSSR count). The van der Waals surface area contributed by atoms with E-state index in [1.165, 1.54) is 45.2 Å². The molecule has 0 aromatic carbocycles. The predicted molar refractivity (Wildman–Crippen MR) is 79.5 cm³/mol. The molecular formula is C15H27ClN2O. The fourth-order valence-electron chi connectivity index (χ4n) is 3.73. The maximum Gasteiger partial charge on any atom is 0.222 e. The van der Waals surface area contributed by atoms with Gasteiger partial charge in [-0.05, 0) is 50.1 Å². The molecule has 1 N–H and O–H groups in total. The van der Waals surface area contributed by atoms with Gasteiger partial charge >= 0.3 is 0 Å². The van der Waals surface area contributed by atoms with E-state index in [0.29, 0.717) is 5.91 Å². The Balaban J connectivity index is 0.00000133. The van der Waals surface area contributed by atoms with E-state index in [4.69, 9.17) is 0 Å². The zero-order chi connectivity index (χ0) is 12.4. The van der Waals surface area contributed by atoms with Crippen LogP contribution in [0.3, 0.4) is 0 Å². The number of amides is 1. The summed E-state index contributed by atoms with van der Waals surface area (Å²) >= 11 is 0. The second-order valence-electron chi connectivity index (χ2n) is 6.47. The molecule has 1 amide bonds. The minimum atomic E-state index is 0. The molecular weight excluding hydrogens is 260 g/mol. The lowest BCUT2D eigenvalue weighted by Crippen LogP contribution is -2.33. The third-order valence-corrected chi connectivity index (χ3v) is 5.36. The van der Waals surface area contributed by atoms with Gasteiger partial charge in [-0.15, -0.1) is 12.4 Å². The number of nitrogens with zero attached hydrogens (tertiary/aromatic N) is 1. The van der Waals surface area contributed by atoms with Crippen LogP contribution >= 0.6 is 12.4 Å². The first-order chi connectivity index (χ1) is 8.83. The first-order valence-electron chi connectivity index (χ1n) is 7.81. The SMILES string of the molecule is Cl.O=C(CCC1CCC1)N1CC[C@@H]2CNC[C@@H]2CC1. The van der Waals surface area contributed by atoms with Gasteiger partial charge in [-0.1, -0.05) is 19.3 Å². The Labute approximate surface area is 122 Å². The maximum atomic E-state index is 12.2. The molecule has 0 spiro atoms. The van der Waals surface area contributed by atoms with Crippen molar-refractivity contribution in [2.75, 3.05) is 26.2 Å². The first-order valence-corrected chi connectivity index (χ1v) is 7.81. The minimum Gasteiger partial charge on any atom is -0.343 e. The van der Waals surface area contributed by atoms with Crippen LogP contribution < -0.4 is 5.32 Å². The zero-order valence-electron chi connectivity index (χ0n) is 11.8. The lowest BCUT2D eigenvalue weighted by atomic mass is 9.82.